The van der Waals surface area contributed by atoms with Gasteiger partial charge >= 0.3 is 0 Å². The van der Waals surface area contributed by atoms with Gasteiger partial charge in [-0.1, -0.05) is 30.3 Å². The van der Waals surface area contributed by atoms with Crippen molar-refractivity contribution in [3.05, 3.63) is 65.7 Å². The predicted molar refractivity (Wildman–Crippen MR) is 69.0 cm³/mol. The van der Waals surface area contributed by atoms with E-state index in [0.717, 1.165) is 18.4 Å². The second-order valence-corrected chi connectivity index (χ2v) is 4.18. The number of hydrogen-bond acceptors (Lipinski definition) is 3. The Morgan fingerprint density at radius 2 is 2.00 bits per heavy atom. The topological polar surface area (TPSA) is 50.9 Å². The molecule has 2 aromatic rings. The van der Waals surface area contributed by atoms with E-state index >= 15 is 0 Å². The van der Waals surface area contributed by atoms with Gasteiger partial charge in [0.15, 0.2) is 0 Å². The van der Waals surface area contributed by atoms with Crippen molar-refractivity contribution in [1.82, 2.24) is 10.4 Å². The lowest BCUT2D eigenvalue weighted by atomic mass is 10.0. The summed E-state index contributed by atoms with van der Waals surface area (Å²) in [5.41, 5.74) is 4.72. The standard InChI is InChI=1S/C14H16FN3/c15-13-8-12(9-17-10-13)14(18-16)7-6-11-4-2-1-3-5-11/h1-5,8-10,14,18H,6-7,16H2. The Bertz CT molecular complexity index is 487. The van der Waals surface area contributed by atoms with Gasteiger partial charge < -0.3 is 0 Å². The molecule has 1 heterocycles. The fraction of sp³-hybridized carbons (Fsp3) is 0.214. The van der Waals surface area contributed by atoms with Crippen molar-refractivity contribution in [2.45, 2.75) is 18.9 Å². The minimum Gasteiger partial charge on any atom is -0.271 e. The first-order valence-electron chi connectivity index (χ1n) is 5.90. The Labute approximate surface area is 106 Å². The molecule has 0 aliphatic carbocycles. The Morgan fingerprint density at radius 1 is 1.22 bits per heavy atom. The summed E-state index contributed by atoms with van der Waals surface area (Å²) in [6, 6.07) is 11.5. The summed E-state index contributed by atoms with van der Waals surface area (Å²) in [6.45, 7) is 0. The Balaban J connectivity index is 2.02. The molecule has 18 heavy (non-hydrogen) atoms. The minimum atomic E-state index is -0.340. The van der Waals surface area contributed by atoms with Crippen LogP contribution in [0.25, 0.3) is 0 Å². The van der Waals surface area contributed by atoms with Crippen LogP contribution in [0.15, 0.2) is 48.8 Å². The molecule has 0 bridgehead atoms. The molecular weight excluding hydrogens is 229 g/mol. The van der Waals surface area contributed by atoms with Crippen LogP contribution in [0.4, 0.5) is 4.39 Å². The number of halogens is 1. The van der Waals surface area contributed by atoms with Crippen molar-refractivity contribution < 1.29 is 4.39 Å². The number of aryl methyl sites for hydroxylation is 1. The molecule has 1 unspecified atom stereocenters. The highest BCUT2D eigenvalue weighted by Crippen LogP contribution is 2.18. The average Bonchev–Trinajstić information content (AvgIpc) is 2.41. The van der Waals surface area contributed by atoms with Gasteiger partial charge in [-0.15, -0.1) is 0 Å². The molecule has 0 fully saturated rings. The highest BCUT2D eigenvalue weighted by Gasteiger charge is 2.10. The largest absolute Gasteiger partial charge is 0.271 e. The Hall–Kier alpha value is -1.78. The van der Waals surface area contributed by atoms with Gasteiger partial charge in [0.1, 0.15) is 5.82 Å². The maximum atomic E-state index is 13.1. The molecule has 2 rings (SSSR count). The number of pyridine rings is 1. The SMILES string of the molecule is NNC(CCc1ccccc1)c1cncc(F)c1. The zero-order valence-corrected chi connectivity index (χ0v) is 10.0. The Morgan fingerprint density at radius 3 is 2.67 bits per heavy atom. The second kappa shape index (κ2) is 6.23. The normalized spacial score (nSPS) is 12.3. The Kier molecular flexibility index (Phi) is 4.39. The van der Waals surface area contributed by atoms with Crippen molar-refractivity contribution >= 4 is 0 Å². The minimum absolute atomic E-state index is 0.0894. The maximum absolute atomic E-state index is 13.1. The molecule has 0 aliphatic rings. The van der Waals surface area contributed by atoms with Gasteiger partial charge in [0, 0.05) is 12.2 Å². The van der Waals surface area contributed by atoms with Crippen LogP contribution < -0.4 is 11.3 Å². The van der Waals surface area contributed by atoms with E-state index < -0.39 is 0 Å². The van der Waals surface area contributed by atoms with Crippen molar-refractivity contribution in [3.8, 4) is 0 Å². The summed E-state index contributed by atoms with van der Waals surface area (Å²) in [4.78, 5) is 3.84. The van der Waals surface area contributed by atoms with Gasteiger partial charge in [0.05, 0.1) is 6.20 Å². The molecule has 3 nitrogen and oxygen atoms in total. The lowest BCUT2D eigenvalue weighted by Gasteiger charge is -2.15. The lowest BCUT2D eigenvalue weighted by molar-refractivity contribution is 0.509. The molecule has 0 amide bonds. The number of nitrogens with two attached hydrogens (primary N) is 1. The lowest BCUT2D eigenvalue weighted by Crippen LogP contribution is -2.28. The van der Waals surface area contributed by atoms with Crippen LogP contribution in [-0.2, 0) is 6.42 Å². The van der Waals surface area contributed by atoms with Crippen molar-refractivity contribution in [2.75, 3.05) is 0 Å². The van der Waals surface area contributed by atoms with Gasteiger partial charge in [-0.3, -0.25) is 16.3 Å². The van der Waals surface area contributed by atoms with E-state index in [9.17, 15) is 4.39 Å². The fourth-order valence-electron chi connectivity index (χ4n) is 1.92. The number of hydrazine groups is 1. The number of benzene rings is 1. The summed E-state index contributed by atoms with van der Waals surface area (Å²) in [7, 11) is 0. The van der Waals surface area contributed by atoms with Crippen LogP contribution in [0.1, 0.15) is 23.6 Å². The highest BCUT2D eigenvalue weighted by atomic mass is 19.1. The molecule has 0 spiro atoms. The van der Waals surface area contributed by atoms with Crippen LogP contribution in [-0.4, -0.2) is 4.98 Å². The smallest absolute Gasteiger partial charge is 0.141 e. The molecule has 4 heteroatoms. The van der Waals surface area contributed by atoms with Gasteiger partial charge in [-0.05, 0) is 30.0 Å². The van der Waals surface area contributed by atoms with Crippen molar-refractivity contribution in [3.63, 3.8) is 0 Å². The summed E-state index contributed by atoms with van der Waals surface area (Å²) in [5.74, 6) is 5.18. The van der Waals surface area contributed by atoms with E-state index in [1.807, 2.05) is 18.2 Å². The first kappa shape index (κ1) is 12.7. The number of rotatable bonds is 5. The zero-order valence-electron chi connectivity index (χ0n) is 10.0. The van der Waals surface area contributed by atoms with Gasteiger partial charge in [0.2, 0.25) is 0 Å². The molecule has 1 aromatic heterocycles. The van der Waals surface area contributed by atoms with Gasteiger partial charge in [0.25, 0.3) is 0 Å². The molecule has 0 saturated heterocycles. The van der Waals surface area contributed by atoms with Crippen molar-refractivity contribution in [2.24, 2.45) is 5.84 Å². The van der Waals surface area contributed by atoms with E-state index in [2.05, 4.69) is 22.5 Å². The third-order valence-electron chi connectivity index (χ3n) is 2.89. The number of nitrogens with zero attached hydrogens (tertiary/aromatic N) is 1. The summed E-state index contributed by atoms with van der Waals surface area (Å²) < 4.78 is 13.1. The monoisotopic (exact) mass is 245 g/mol. The first-order chi connectivity index (χ1) is 8.79. The number of aromatic nitrogens is 1. The summed E-state index contributed by atoms with van der Waals surface area (Å²) in [6.07, 6.45) is 4.50. The van der Waals surface area contributed by atoms with Crippen LogP contribution >= 0.6 is 0 Å². The number of hydrogen-bond donors (Lipinski definition) is 2. The quantitative estimate of drug-likeness (QED) is 0.628. The fourth-order valence-corrected chi connectivity index (χ4v) is 1.92. The first-order valence-corrected chi connectivity index (χ1v) is 5.90. The molecule has 0 saturated carbocycles. The summed E-state index contributed by atoms with van der Waals surface area (Å²) in [5, 5.41) is 0. The van der Waals surface area contributed by atoms with E-state index in [-0.39, 0.29) is 11.9 Å². The highest BCUT2D eigenvalue weighted by molar-refractivity contribution is 5.18. The molecule has 0 aliphatic heterocycles. The van der Waals surface area contributed by atoms with Crippen LogP contribution in [0.3, 0.4) is 0 Å². The van der Waals surface area contributed by atoms with E-state index in [1.165, 1.54) is 17.8 Å². The third-order valence-corrected chi connectivity index (χ3v) is 2.89. The average molecular weight is 245 g/mol. The van der Waals surface area contributed by atoms with E-state index in [4.69, 9.17) is 5.84 Å². The molecule has 1 atom stereocenters. The van der Waals surface area contributed by atoms with E-state index in [1.54, 1.807) is 6.20 Å². The molecular formula is C14H16FN3. The maximum Gasteiger partial charge on any atom is 0.141 e. The van der Waals surface area contributed by atoms with Crippen LogP contribution in [0.2, 0.25) is 0 Å². The van der Waals surface area contributed by atoms with Gasteiger partial charge in [-0.25, -0.2) is 4.39 Å². The van der Waals surface area contributed by atoms with Crippen LogP contribution in [0.5, 0.6) is 0 Å². The number of nitrogens with one attached hydrogen (secondary N) is 1. The van der Waals surface area contributed by atoms with Gasteiger partial charge in [-0.2, -0.15) is 0 Å². The molecule has 0 radical (unpaired) electrons. The predicted octanol–water partition coefficient (Wildman–Crippen LogP) is 2.36. The van der Waals surface area contributed by atoms with Crippen LogP contribution in [0, 0.1) is 5.82 Å². The van der Waals surface area contributed by atoms with Crippen molar-refractivity contribution in [1.29, 1.82) is 0 Å². The zero-order chi connectivity index (χ0) is 12.8. The molecule has 3 N–H and O–H groups in total. The molecule has 94 valence electrons. The molecule has 1 aromatic carbocycles. The third kappa shape index (κ3) is 3.35. The second-order valence-electron chi connectivity index (χ2n) is 4.18. The summed E-state index contributed by atoms with van der Waals surface area (Å²) >= 11 is 0. The van der Waals surface area contributed by atoms with E-state index in [0.29, 0.717) is 0 Å².